The van der Waals surface area contributed by atoms with Gasteiger partial charge in [0.25, 0.3) is 5.91 Å². The summed E-state index contributed by atoms with van der Waals surface area (Å²) in [7, 11) is 1.54. The molecular formula is C15H16N2O3. The number of phenolic OH excluding ortho intramolecular Hbond substituents is 1. The van der Waals surface area contributed by atoms with Gasteiger partial charge in [-0.15, -0.1) is 0 Å². The molecule has 5 nitrogen and oxygen atoms in total. The fourth-order valence-electron chi connectivity index (χ4n) is 1.71. The number of phenols is 1. The van der Waals surface area contributed by atoms with Crippen LogP contribution in [-0.4, -0.2) is 23.1 Å². The lowest BCUT2D eigenvalue weighted by Gasteiger charge is -2.07. The first kappa shape index (κ1) is 13.9. The van der Waals surface area contributed by atoms with Crippen molar-refractivity contribution in [3.63, 3.8) is 0 Å². The van der Waals surface area contributed by atoms with E-state index in [-0.39, 0.29) is 11.7 Å². The van der Waals surface area contributed by atoms with Crippen molar-refractivity contribution >= 4 is 5.91 Å². The van der Waals surface area contributed by atoms with Crippen LogP contribution in [0, 0.1) is 6.92 Å². The van der Waals surface area contributed by atoms with Gasteiger partial charge in [-0.1, -0.05) is 6.07 Å². The van der Waals surface area contributed by atoms with Crippen molar-refractivity contribution in [2.75, 3.05) is 7.11 Å². The molecule has 0 saturated carbocycles. The van der Waals surface area contributed by atoms with E-state index in [1.807, 2.05) is 0 Å². The normalized spacial score (nSPS) is 10.1. The predicted octanol–water partition coefficient (Wildman–Crippen LogP) is 2.03. The second-order valence-electron chi connectivity index (χ2n) is 4.39. The first-order chi connectivity index (χ1) is 9.60. The van der Waals surface area contributed by atoms with Crippen LogP contribution in [-0.2, 0) is 6.54 Å². The molecule has 2 rings (SSSR count). The molecule has 0 fully saturated rings. The standard InChI is InChI=1S/C15H16N2O3/c1-10-3-4-12(8-13(10)18)15(19)17-9-11-5-6-16-14(7-11)20-2/h3-8,18H,9H2,1-2H3,(H,17,19). The van der Waals surface area contributed by atoms with E-state index in [0.717, 1.165) is 11.1 Å². The largest absolute Gasteiger partial charge is 0.508 e. The number of hydrogen-bond donors (Lipinski definition) is 2. The van der Waals surface area contributed by atoms with Gasteiger partial charge in [-0.25, -0.2) is 4.98 Å². The third-order valence-corrected chi connectivity index (χ3v) is 2.93. The molecular weight excluding hydrogens is 256 g/mol. The van der Waals surface area contributed by atoms with E-state index >= 15 is 0 Å². The van der Waals surface area contributed by atoms with Crippen LogP contribution in [0.15, 0.2) is 36.5 Å². The van der Waals surface area contributed by atoms with Gasteiger partial charge >= 0.3 is 0 Å². The quantitative estimate of drug-likeness (QED) is 0.893. The summed E-state index contributed by atoms with van der Waals surface area (Å²) >= 11 is 0. The number of rotatable bonds is 4. The fraction of sp³-hybridized carbons (Fsp3) is 0.200. The van der Waals surface area contributed by atoms with E-state index in [1.165, 1.54) is 6.07 Å². The number of methoxy groups -OCH3 is 1. The van der Waals surface area contributed by atoms with E-state index in [9.17, 15) is 9.90 Å². The molecule has 5 heteroatoms. The van der Waals surface area contributed by atoms with Gasteiger partial charge in [-0.2, -0.15) is 0 Å². The van der Waals surface area contributed by atoms with Gasteiger partial charge in [0, 0.05) is 24.4 Å². The van der Waals surface area contributed by atoms with Crippen molar-refractivity contribution in [3.8, 4) is 11.6 Å². The van der Waals surface area contributed by atoms with Gasteiger partial charge < -0.3 is 15.2 Å². The van der Waals surface area contributed by atoms with Crippen LogP contribution in [0.25, 0.3) is 0 Å². The lowest BCUT2D eigenvalue weighted by atomic mass is 10.1. The molecule has 0 aliphatic heterocycles. The van der Waals surface area contributed by atoms with Crippen molar-refractivity contribution in [2.45, 2.75) is 13.5 Å². The Kier molecular flexibility index (Phi) is 4.20. The second kappa shape index (κ2) is 6.06. The maximum Gasteiger partial charge on any atom is 0.251 e. The highest BCUT2D eigenvalue weighted by atomic mass is 16.5. The summed E-state index contributed by atoms with van der Waals surface area (Å²) in [6, 6.07) is 8.40. The highest BCUT2D eigenvalue weighted by molar-refractivity contribution is 5.94. The minimum Gasteiger partial charge on any atom is -0.508 e. The first-order valence-corrected chi connectivity index (χ1v) is 6.17. The summed E-state index contributed by atoms with van der Waals surface area (Å²) < 4.78 is 5.02. The summed E-state index contributed by atoms with van der Waals surface area (Å²) in [5, 5.41) is 12.4. The number of ether oxygens (including phenoxy) is 1. The third-order valence-electron chi connectivity index (χ3n) is 2.93. The van der Waals surface area contributed by atoms with Crippen LogP contribution in [0.3, 0.4) is 0 Å². The van der Waals surface area contributed by atoms with Gasteiger partial charge in [0.05, 0.1) is 7.11 Å². The van der Waals surface area contributed by atoms with Crippen LogP contribution in [0.2, 0.25) is 0 Å². The molecule has 0 saturated heterocycles. The zero-order chi connectivity index (χ0) is 14.5. The fourth-order valence-corrected chi connectivity index (χ4v) is 1.71. The van der Waals surface area contributed by atoms with Crippen molar-refractivity contribution in [1.82, 2.24) is 10.3 Å². The molecule has 0 aliphatic rings. The van der Waals surface area contributed by atoms with Gasteiger partial charge in [0.15, 0.2) is 0 Å². The van der Waals surface area contributed by atoms with Gasteiger partial charge in [-0.05, 0) is 36.2 Å². The lowest BCUT2D eigenvalue weighted by Crippen LogP contribution is -2.22. The third kappa shape index (κ3) is 3.26. The molecule has 104 valence electrons. The Balaban J connectivity index is 2.02. The number of benzene rings is 1. The van der Waals surface area contributed by atoms with Crippen LogP contribution < -0.4 is 10.1 Å². The number of amides is 1. The van der Waals surface area contributed by atoms with Crippen LogP contribution in [0.1, 0.15) is 21.5 Å². The Morgan fingerprint density at radius 3 is 2.85 bits per heavy atom. The predicted molar refractivity (Wildman–Crippen MR) is 74.8 cm³/mol. The minimum absolute atomic E-state index is 0.114. The molecule has 1 aromatic carbocycles. The average Bonchev–Trinajstić information content (AvgIpc) is 2.47. The first-order valence-electron chi connectivity index (χ1n) is 6.17. The van der Waals surface area contributed by atoms with E-state index < -0.39 is 0 Å². The number of carbonyl (C=O) groups excluding carboxylic acids is 1. The van der Waals surface area contributed by atoms with Crippen LogP contribution >= 0.6 is 0 Å². The molecule has 2 aromatic rings. The topological polar surface area (TPSA) is 71.5 Å². The summed E-state index contributed by atoms with van der Waals surface area (Å²) in [5.41, 5.74) is 2.05. The number of pyridine rings is 1. The Morgan fingerprint density at radius 2 is 2.15 bits per heavy atom. The number of nitrogens with one attached hydrogen (secondary N) is 1. The number of aromatic nitrogens is 1. The number of aromatic hydroxyl groups is 1. The Hall–Kier alpha value is -2.56. The highest BCUT2D eigenvalue weighted by Crippen LogP contribution is 2.17. The van der Waals surface area contributed by atoms with E-state index in [4.69, 9.17) is 4.74 Å². The summed E-state index contributed by atoms with van der Waals surface area (Å²) in [6.45, 7) is 2.15. The number of nitrogens with zero attached hydrogens (tertiary/aromatic N) is 1. The van der Waals surface area contributed by atoms with E-state index in [1.54, 1.807) is 44.5 Å². The highest BCUT2D eigenvalue weighted by Gasteiger charge is 2.07. The molecule has 0 bridgehead atoms. The smallest absolute Gasteiger partial charge is 0.251 e. The summed E-state index contributed by atoms with van der Waals surface area (Å²) in [5.74, 6) is 0.379. The molecule has 1 heterocycles. The number of hydrogen-bond acceptors (Lipinski definition) is 4. The molecule has 0 unspecified atom stereocenters. The molecule has 0 spiro atoms. The molecule has 0 aliphatic carbocycles. The SMILES string of the molecule is COc1cc(CNC(=O)c2ccc(C)c(O)c2)ccn1. The monoisotopic (exact) mass is 272 g/mol. The maximum atomic E-state index is 12.0. The molecule has 20 heavy (non-hydrogen) atoms. The van der Waals surface area contributed by atoms with Crippen molar-refractivity contribution in [3.05, 3.63) is 53.2 Å². The maximum absolute atomic E-state index is 12.0. The molecule has 0 radical (unpaired) electrons. The zero-order valence-electron chi connectivity index (χ0n) is 11.4. The lowest BCUT2D eigenvalue weighted by molar-refractivity contribution is 0.0950. The Bertz CT molecular complexity index is 626. The van der Waals surface area contributed by atoms with E-state index in [0.29, 0.717) is 18.0 Å². The average molecular weight is 272 g/mol. The summed E-state index contributed by atoms with van der Waals surface area (Å²) in [4.78, 5) is 16.0. The van der Waals surface area contributed by atoms with Crippen LogP contribution in [0.4, 0.5) is 0 Å². The second-order valence-corrected chi connectivity index (χ2v) is 4.39. The molecule has 0 atom stereocenters. The zero-order valence-corrected chi connectivity index (χ0v) is 11.4. The molecule has 1 aromatic heterocycles. The van der Waals surface area contributed by atoms with Crippen molar-refractivity contribution in [1.29, 1.82) is 0 Å². The molecule has 1 amide bonds. The number of aryl methyl sites for hydroxylation is 1. The van der Waals surface area contributed by atoms with Crippen molar-refractivity contribution in [2.24, 2.45) is 0 Å². The Labute approximate surface area is 117 Å². The van der Waals surface area contributed by atoms with Gasteiger partial charge in [0.2, 0.25) is 5.88 Å². The summed E-state index contributed by atoms with van der Waals surface area (Å²) in [6.07, 6.45) is 1.62. The Morgan fingerprint density at radius 1 is 1.35 bits per heavy atom. The van der Waals surface area contributed by atoms with Gasteiger partial charge in [0.1, 0.15) is 5.75 Å². The molecule has 2 N–H and O–H groups in total. The van der Waals surface area contributed by atoms with E-state index in [2.05, 4.69) is 10.3 Å². The minimum atomic E-state index is -0.240. The van der Waals surface area contributed by atoms with Crippen molar-refractivity contribution < 1.29 is 14.6 Å². The van der Waals surface area contributed by atoms with Gasteiger partial charge in [-0.3, -0.25) is 4.79 Å². The number of carbonyl (C=O) groups is 1. The van der Waals surface area contributed by atoms with Crippen LogP contribution in [0.5, 0.6) is 11.6 Å².